The van der Waals surface area contributed by atoms with E-state index in [2.05, 4.69) is 0 Å². The molecule has 7 heavy (non-hydrogen) atoms. The Balaban J connectivity index is 2.69. The molecule has 0 N–H and O–H groups in total. The fourth-order valence-corrected chi connectivity index (χ4v) is 0.485. The second-order valence-electron chi connectivity index (χ2n) is 1.14. The van der Waals surface area contributed by atoms with Crippen molar-refractivity contribution in [1.29, 1.82) is 0 Å². The van der Waals surface area contributed by atoms with Crippen molar-refractivity contribution in [2.45, 2.75) is 6.42 Å². The molecule has 0 bridgehead atoms. The molecule has 0 saturated heterocycles. The summed E-state index contributed by atoms with van der Waals surface area (Å²) in [7, 11) is 0.749. The Morgan fingerprint density at radius 3 is 2.86 bits per heavy atom. The maximum atomic E-state index is 11.1. The van der Waals surface area contributed by atoms with Crippen LogP contribution in [-0.4, -0.2) is 17.1 Å². The van der Waals surface area contributed by atoms with Crippen LogP contribution in [-0.2, 0) is 4.43 Å². The van der Waals surface area contributed by atoms with Crippen LogP contribution in [0.5, 0.6) is 0 Å². The van der Waals surface area contributed by atoms with Crippen molar-refractivity contribution < 1.29 is 8.82 Å². The van der Waals surface area contributed by atoms with Gasteiger partial charge < -0.3 is 4.43 Å². The third kappa shape index (κ3) is 5.85. The molecule has 1 nitrogen and oxygen atoms in total. The largest absolute Gasteiger partial charge is 0.428 e. The lowest BCUT2D eigenvalue weighted by Gasteiger charge is -1.87. The van der Waals surface area contributed by atoms with Crippen molar-refractivity contribution in [3.05, 3.63) is 12.4 Å². The van der Waals surface area contributed by atoms with E-state index >= 15 is 0 Å². The Kier molecular flexibility index (Phi) is 5.72. The molecule has 42 valence electrons. The van der Waals surface area contributed by atoms with E-state index < -0.39 is 0 Å². The van der Waals surface area contributed by atoms with Gasteiger partial charge in [0.05, 0.1) is 6.33 Å². The third-order valence-electron chi connectivity index (χ3n) is 0.578. The molecule has 0 aromatic carbocycles. The first-order valence-electron chi connectivity index (χ1n) is 2.16. The highest BCUT2D eigenvalue weighted by Gasteiger charge is 1.72. The number of rotatable bonds is 3. The maximum absolute atomic E-state index is 11.1. The summed E-state index contributed by atoms with van der Waals surface area (Å²) in [5.74, 6) is 0. The van der Waals surface area contributed by atoms with Gasteiger partial charge in [-0.25, -0.2) is 4.39 Å². The molecule has 0 aliphatic rings. The molecule has 0 unspecified atom stereocenters. The Bertz CT molecular complexity index is 55.7. The predicted molar refractivity (Wildman–Crippen MR) is 30.8 cm³/mol. The molecule has 0 radical (unpaired) electrons. The van der Waals surface area contributed by atoms with Crippen LogP contribution in [0.25, 0.3) is 0 Å². The van der Waals surface area contributed by atoms with Gasteiger partial charge in [-0.15, -0.1) is 0 Å². The van der Waals surface area contributed by atoms with Crippen LogP contribution in [0.1, 0.15) is 6.42 Å². The molecule has 0 fully saturated rings. The molecular formula is C4H9FOSi. The lowest BCUT2D eigenvalue weighted by Crippen LogP contribution is -1.84. The van der Waals surface area contributed by atoms with Gasteiger partial charge in [0.15, 0.2) is 0 Å². The molecule has 0 aromatic heterocycles. The van der Waals surface area contributed by atoms with Gasteiger partial charge in [0.2, 0.25) is 0 Å². The molecule has 0 rings (SSSR count). The fraction of sp³-hybridized carbons (Fsp3) is 0.500. The summed E-state index contributed by atoms with van der Waals surface area (Å²) in [6, 6.07) is 0. The van der Waals surface area contributed by atoms with E-state index in [0.29, 0.717) is 19.4 Å². The van der Waals surface area contributed by atoms with Crippen LogP contribution < -0.4 is 0 Å². The van der Waals surface area contributed by atoms with Crippen molar-refractivity contribution >= 4 is 10.5 Å². The highest BCUT2D eigenvalue weighted by molar-refractivity contribution is 5.97. The van der Waals surface area contributed by atoms with Gasteiger partial charge in [0.25, 0.3) is 0 Å². The van der Waals surface area contributed by atoms with Crippen molar-refractivity contribution in [2.75, 3.05) is 6.61 Å². The van der Waals surface area contributed by atoms with Crippen LogP contribution in [0.3, 0.4) is 0 Å². The lowest BCUT2D eigenvalue weighted by atomic mass is 10.5. The van der Waals surface area contributed by atoms with Crippen LogP contribution in [0, 0.1) is 0 Å². The molecule has 0 aliphatic heterocycles. The zero-order valence-corrected chi connectivity index (χ0v) is 6.36. The quantitative estimate of drug-likeness (QED) is 0.381. The van der Waals surface area contributed by atoms with E-state index in [-0.39, 0.29) is 0 Å². The van der Waals surface area contributed by atoms with Crippen LogP contribution in [0.2, 0.25) is 0 Å². The molecule has 0 heterocycles. The minimum absolute atomic E-state index is 0.542. The SMILES string of the molecule is FC=CCCO[SiH3]. The van der Waals surface area contributed by atoms with Crippen molar-refractivity contribution in [1.82, 2.24) is 0 Å². The second kappa shape index (κ2) is 5.85. The zero-order valence-electron chi connectivity index (χ0n) is 4.36. The number of hydrogen-bond acceptors (Lipinski definition) is 1. The van der Waals surface area contributed by atoms with Crippen molar-refractivity contribution in [2.24, 2.45) is 0 Å². The maximum Gasteiger partial charge on any atom is 0.145 e. The van der Waals surface area contributed by atoms with Gasteiger partial charge in [-0.2, -0.15) is 0 Å². The molecule has 0 saturated carbocycles. The molecule has 0 aliphatic carbocycles. The summed E-state index contributed by atoms with van der Waals surface area (Å²) in [6.07, 6.45) is 2.68. The molecule has 0 aromatic rings. The van der Waals surface area contributed by atoms with Crippen molar-refractivity contribution in [3.63, 3.8) is 0 Å². The normalized spacial score (nSPS) is 11.0. The Morgan fingerprint density at radius 1 is 1.71 bits per heavy atom. The van der Waals surface area contributed by atoms with Gasteiger partial charge in [0.1, 0.15) is 10.5 Å². The Hall–Kier alpha value is -0.153. The second-order valence-corrected chi connectivity index (χ2v) is 1.72. The van der Waals surface area contributed by atoms with Gasteiger partial charge in [0, 0.05) is 6.61 Å². The summed E-state index contributed by atoms with van der Waals surface area (Å²) in [4.78, 5) is 0. The average molecular weight is 120 g/mol. The molecule has 0 spiro atoms. The monoisotopic (exact) mass is 120 g/mol. The fourth-order valence-electron chi connectivity index (χ4n) is 0.249. The number of halogens is 1. The molecule has 3 heteroatoms. The highest BCUT2D eigenvalue weighted by atomic mass is 28.2. The molecule has 0 amide bonds. The first kappa shape index (κ1) is 6.85. The third-order valence-corrected chi connectivity index (χ3v) is 0.986. The Labute approximate surface area is 45.7 Å². The van der Waals surface area contributed by atoms with Crippen LogP contribution >= 0.6 is 0 Å². The summed E-state index contributed by atoms with van der Waals surface area (Å²) < 4.78 is 15.9. The van der Waals surface area contributed by atoms with Crippen molar-refractivity contribution in [3.8, 4) is 0 Å². The van der Waals surface area contributed by atoms with Crippen LogP contribution in [0.4, 0.5) is 4.39 Å². The molecular weight excluding hydrogens is 111 g/mol. The standard InChI is InChI=1S/C4H9FOSi/c5-3-1-2-4-6-7/h1,3H,2,4H2,7H3. The van der Waals surface area contributed by atoms with Gasteiger partial charge in [-0.05, 0) is 6.42 Å². The topological polar surface area (TPSA) is 9.23 Å². The predicted octanol–water partition coefficient (Wildman–Crippen LogP) is 0.157. The van der Waals surface area contributed by atoms with E-state index in [1.54, 1.807) is 0 Å². The first-order chi connectivity index (χ1) is 3.41. The lowest BCUT2D eigenvalue weighted by molar-refractivity contribution is 0.357. The van der Waals surface area contributed by atoms with Gasteiger partial charge in [-0.1, -0.05) is 6.08 Å². The van der Waals surface area contributed by atoms with Gasteiger partial charge in [-0.3, -0.25) is 0 Å². The van der Waals surface area contributed by atoms with E-state index in [0.717, 1.165) is 10.5 Å². The smallest absolute Gasteiger partial charge is 0.145 e. The van der Waals surface area contributed by atoms with Crippen LogP contribution in [0.15, 0.2) is 12.4 Å². The molecule has 0 atom stereocenters. The summed E-state index contributed by atoms with van der Waals surface area (Å²) in [5.41, 5.74) is 0. The van der Waals surface area contributed by atoms with E-state index in [1.165, 1.54) is 6.08 Å². The van der Waals surface area contributed by atoms with Gasteiger partial charge >= 0.3 is 0 Å². The minimum atomic E-state index is 0.542. The highest BCUT2D eigenvalue weighted by Crippen LogP contribution is 1.81. The minimum Gasteiger partial charge on any atom is -0.428 e. The first-order valence-corrected chi connectivity index (χ1v) is 2.97. The van der Waals surface area contributed by atoms with E-state index in [1.807, 2.05) is 0 Å². The van der Waals surface area contributed by atoms with E-state index in [4.69, 9.17) is 4.43 Å². The summed E-state index contributed by atoms with van der Waals surface area (Å²) >= 11 is 0. The zero-order chi connectivity index (χ0) is 5.54. The number of hydrogen-bond donors (Lipinski definition) is 0. The average Bonchev–Trinajstić information content (AvgIpc) is 1.69. The summed E-state index contributed by atoms with van der Waals surface area (Å²) in [5, 5.41) is 0. The summed E-state index contributed by atoms with van der Waals surface area (Å²) in [6.45, 7) is 0.659. The van der Waals surface area contributed by atoms with E-state index in [9.17, 15) is 4.39 Å². The Morgan fingerprint density at radius 2 is 2.43 bits per heavy atom.